The van der Waals surface area contributed by atoms with Crippen LogP contribution in [0.25, 0.3) is 0 Å². The maximum absolute atomic E-state index is 12.2. The van der Waals surface area contributed by atoms with Crippen LogP contribution in [0.4, 0.5) is 0 Å². The van der Waals surface area contributed by atoms with Gasteiger partial charge in [-0.25, -0.2) is 0 Å². The fourth-order valence-corrected chi connectivity index (χ4v) is 2.63. The standard InChI is InChI=1S/C15H21ClN2O3/c1-11-2-3-13(14(16)8-11)15(20)17-12(10-19)9-18-4-6-21-7-5-18/h2-3,8,12,19H,4-7,9-10H2,1H3,(H,17,20). The summed E-state index contributed by atoms with van der Waals surface area (Å²) in [6.45, 7) is 5.44. The lowest BCUT2D eigenvalue weighted by Crippen LogP contribution is -2.49. The van der Waals surface area contributed by atoms with Crippen molar-refractivity contribution in [2.75, 3.05) is 39.5 Å². The Morgan fingerprint density at radius 1 is 1.48 bits per heavy atom. The van der Waals surface area contributed by atoms with E-state index in [0.29, 0.717) is 30.3 Å². The molecule has 0 spiro atoms. The highest BCUT2D eigenvalue weighted by atomic mass is 35.5. The average Bonchev–Trinajstić information content (AvgIpc) is 2.47. The number of benzene rings is 1. The van der Waals surface area contributed by atoms with Crippen molar-refractivity contribution in [3.05, 3.63) is 34.3 Å². The van der Waals surface area contributed by atoms with Gasteiger partial charge >= 0.3 is 0 Å². The van der Waals surface area contributed by atoms with Gasteiger partial charge in [-0.1, -0.05) is 17.7 Å². The lowest BCUT2D eigenvalue weighted by Gasteiger charge is -2.30. The molecule has 116 valence electrons. The van der Waals surface area contributed by atoms with Crippen LogP contribution >= 0.6 is 11.6 Å². The molecule has 0 radical (unpaired) electrons. The van der Waals surface area contributed by atoms with Crippen molar-refractivity contribution in [3.63, 3.8) is 0 Å². The number of aryl methyl sites for hydroxylation is 1. The third kappa shape index (κ3) is 4.68. The Bertz CT molecular complexity index is 490. The van der Waals surface area contributed by atoms with Crippen LogP contribution in [-0.4, -0.2) is 61.4 Å². The highest BCUT2D eigenvalue weighted by Gasteiger charge is 2.19. The lowest BCUT2D eigenvalue weighted by molar-refractivity contribution is 0.0297. The van der Waals surface area contributed by atoms with Crippen molar-refractivity contribution < 1.29 is 14.6 Å². The first-order valence-corrected chi connectivity index (χ1v) is 7.46. The Labute approximate surface area is 129 Å². The number of rotatable bonds is 5. The number of carbonyl (C=O) groups excluding carboxylic acids is 1. The molecule has 1 unspecified atom stereocenters. The first-order valence-electron chi connectivity index (χ1n) is 7.08. The molecule has 0 bridgehead atoms. The van der Waals surface area contributed by atoms with E-state index < -0.39 is 0 Å². The first-order chi connectivity index (χ1) is 10.1. The van der Waals surface area contributed by atoms with Crippen molar-refractivity contribution in [2.45, 2.75) is 13.0 Å². The number of hydrogen-bond acceptors (Lipinski definition) is 4. The van der Waals surface area contributed by atoms with Crippen LogP contribution in [0.5, 0.6) is 0 Å². The molecular weight excluding hydrogens is 292 g/mol. The number of carbonyl (C=O) groups is 1. The molecular formula is C15H21ClN2O3. The fourth-order valence-electron chi connectivity index (χ4n) is 2.31. The van der Waals surface area contributed by atoms with E-state index in [2.05, 4.69) is 10.2 Å². The second kappa shape index (κ2) is 7.75. The second-order valence-corrected chi connectivity index (χ2v) is 5.66. The van der Waals surface area contributed by atoms with Gasteiger partial charge < -0.3 is 15.2 Å². The Balaban J connectivity index is 1.95. The van der Waals surface area contributed by atoms with Gasteiger partial charge in [-0.3, -0.25) is 9.69 Å². The van der Waals surface area contributed by atoms with E-state index in [1.807, 2.05) is 13.0 Å². The number of nitrogens with zero attached hydrogens (tertiary/aromatic N) is 1. The van der Waals surface area contributed by atoms with Gasteiger partial charge in [-0.2, -0.15) is 0 Å². The van der Waals surface area contributed by atoms with Gasteiger partial charge in [-0.15, -0.1) is 0 Å². The molecule has 2 N–H and O–H groups in total. The number of aliphatic hydroxyl groups excluding tert-OH is 1. The highest BCUT2D eigenvalue weighted by molar-refractivity contribution is 6.33. The molecule has 1 aromatic rings. The summed E-state index contributed by atoms with van der Waals surface area (Å²) in [5.74, 6) is -0.257. The Morgan fingerprint density at radius 2 is 2.19 bits per heavy atom. The summed E-state index contributed by atoms with van der Waals surface area (Å²) in [6.07, 6.45) is 0. The normalized spacial score (nSPS) is 17.5. The predicted octanol–water partition coefficient (Wildman–Crippen LogP) is 1.07. The van der Waals surface area contributed by atoms with E-state index in [1.165, 1.54) is 0 Å². The summed E-state index contributed by atoms with van der Waals surface area (Å²) < 4.78 is 5.28. The molecule has 6 heteroatoms. The van der Waals surface area contributed by atoms with Gasteiger partial charge in [0.2, 0.25) is 0 Å². The van der Waals surface area contributed by atoms with Crippen molar-refractivity contribution >= 4 is 17.5 Å². The monoisotopic (exact) mass is 312 g/mol. The minimum absolute atomic E-state index is 0.105. The number of halogens is 1. The van der Waals surface area contributed by atoms with E-state index in [1.54, 1.807) is 12.1 Å². The number of morpholine rings is 1. The summed E-state index contributed by atoms with van der Waals surface area (Å²) >= 11 is 6.09. The Hall–Kier alpha value is -1.14. The molecule has 0 aromatic heterocycles. The molecule has 1 fully saturated rings. The number of aliphatic hydroxyl groups is 1. The predicted molar refractivity (Wildman–Crippen MR) is 81.8 cm³/mol. The molecule has 1 aromatic carbocycles. The third-order valence-electron chi connectivity index (χ3n) is 3.51. The van der Waals surface area contributed by atoms with Crippen LogP contribution < -0.4 is 5.32 Å². The van der Waals surface area contributed by atoms with Crippen molar-refractivity contribution in [2.24, 2.45) is 0 Å². The zero-order valence-corrected chi connectivity index (χ0v) is 12.9. The number of ether oxygens (including phenoxy) is 1. The van der Waals surface area contributed by atoms with Crippen LogP contribution in [0, 0.1) is 6.92 Å². The van der Waals surface area contributed by atoms with E-state index in [4.69, 9.17) is 16.3 Å². The molecule has 21 heavy (non-hydrogen) atoms. The van der Waals surface area contributed by atoms with Gasteiger partial charge in [0.15, 0.2) is 0 Å². The molecule has 5 nitrogen and oxygen atoms in total. The zero-order chi connectivity index (χ0) is 15.2. The van der Waals surface area contributed by atoms with Crippen LogP contribution in [0.15, 0.2) is 18.2 Å². The smallest absolute Gasteiger partial charge is 0.253 e. The van der Waals surface area contributed by atoms with Gasteiger partial charge in [0, 0.05) is 19.6 Å². The van der Waals surface area contributed by atoms with Crippen LogP contribution in [0.1, 0.15) is 15.9 Å². The van der Waals surface area contributed by atoms with E-state index in [0.717, 1.165) is 18.7 Å². The topological polar surface area (TPSA) is 61.8 Å². The maximum atomic E-state index is 12.2. The van der Waals surface area contributed by atoms with Gasteiger partial charge in [-0.05, 0) is 24.6 Å². The highest BCUT2D eigenvalue weighted by Crippen LogP contribution is 2.17. The molecule has 1 amide bonds. The van der Waals surface area contributed by atoms with Crippen molar-refractivity contribution in [1.29, 1.82) is 0 Å². The molecule has 2 rings (SSSR count). The summed E-state index contributed by atoms with van der Waals surface area (Å²) in [4.78, 5) is 14.4. The summed E-state index contributed by atoms with van der Waals surface area (Å²) in [5.41, 5.74) is 1.44. The van der Waals surface area contributed by atoms with E-state index in [-0.39, 0.29) is 18.6 Å². The summed E-state index contributed by atoms with van der Waals surface area (Å²) in [7, 11) is 0. The van der Waals surface area contributed by atoms with Crippen molar-refractivity contribution in [1.82, 2.24) is 10.2 Å². The zero-order valence-electron chi connectivity index (χ0n) is 12.1. The van der Waals surface area contributed by atoms with Gasteiger partial charge in [0.05, 0.1) is 36.4 Å². The van der Waals surface area contributed by atoms with Gasteiger partial charge in [0.1, 0.15) is 0 Å². The molecule has 1 aliphatic heterocycles. The molecule has 1 aliphatic rings. The van der Waals surface area contributed by atoms with Crippen LogP contribution in [0.3, 0.4) is 0 Å². The minimum Gasteiger partial charge on any atom is -0.394 e. The number of amides is 1. The first kappa shape index (κ1) is 16.2. The molecule has 0 aliphatic carbocycles. The summed E-state index contributed by atoms with van der Waals surface area (Å²) in [6, 6.07) is 4.99. The second-order valence-electron chi connectivity index (χ2n) is 5.25. The quantitative estimate of drug-likeness (QED) is 0.854. The lowest BCUT2D eigenvalue weighted by atomic mass is 10.1. The molecule has 1 atom stereocenters. The Kier molecular flexibility index (Phi) is 5.99. The third-order valence-corrected chi connectivity index (χ3v) is 3.82. The molecule has 0 saturated carbocycles. The number of hydrogen-bond donors (Lipinski definition) is 2. The van der Waals surface area contributed by atoms with Gasteiger partial charge in [0.25, 0.3) is 5.91 Å². The fraction of sp³-hybridized carbons (Fsp3) is 0.533. The largest absolute Gasteiger partial charge is 0.394 e. The maximum Gasteiger partial charge on any atom is 0.253 e. The van der Waals surface area contributed by atoms with E-state index >= 15 is 0 Å². The average molecular weight is 313 g/mol. The SMILES string of the molecule is Cc1ccc(C(=O)NC(CO)CN2CCOCC2)c(Cl)c1. The summed E-state index contributed by atoms with van der Waals surface area (Å²) in [5, 5.41) is 12.7. The molecule has 1 heterocycles. The van der Waals surface area contributed by atoms with Crippen molar-refractivity contribution in [3.8, 4) is 0 Å². The van der Waals surface area contributed by atoms with Crippen LogP contribution in [0.2, 0.25) is 5.02 Å². The van der Waals surface area contributed by atoms with E-state index in [9.17, 15) is 9.90 Å². The van der Waals surface area contributed by atoms with Crippen LogP contribution in [-0.2, 0) is 4.74 Å². The minimum atomic E-state index is -0.312. The number of nitrogens with one attached hydrogen (secondary N) is 1. The molecule has 1 saturated heterocycles. The Morgan fingerprint density at radius 3 is 2.81 bits per heavy atom.